The number of nitrogens with two attached hydrogens (primary N) is 2. The monoisotopic (exact) mass is 374 g/mol. The summed E-state index contributed by atoms with van der Waals surface area (Å²) in [6.45, 7) is 3.43. The van der Waals surface area contributed by atoms with Crippen LogP contribution in [0.5, 0.6) is 0 Å². The molecule has 4 unspecified atom stereocenters. The van der Waals surface area contributed by atoms with Crippen LogP contribution >= 0.6 is 0 Å². The first-order valence-electron chi connectivity index (χ1n) is 8.08. The number of hydrogen-bond acceptors (Lipinski definition) is 6. The largest absolute Gasteiger partial charge is 0.481 e. The van der Waals surface area contributed by atoms with Crippen molar-refractivity contribution in [1.82, 2.24) is 10.6 Å². The molecule has 4 atom stereocenters. The number of carboxylic acids is 2. The third-order valence-corrected chi connectivity index (χ3v) is 3.81. The molecule has 26 heavy (non-hydrogen) atoms. The number of rotatable bonds is 12. The highest BCUT2D eigenvalue weighted by atomic mass is 16.4. The smallest absolute Gasteiger partial charge is 0.326 e. The van der Waals surface area contributed by atoms with Crippen molar-refractivity contribution in [3.8, 4) is 0 Å². The maximum Gasteiger partial charge on any atom is 0.326 e. The first kappa shape index (κ1) is 23.3. The number of nitrogens with one attached hydrogen (secondary N) is 2. The molecule has 0 aliphatic rings. The summed E-state index contributed by atoms with van der Waals surface area (Å²) in [5.41, 5.74) is 10.5. The normalized spacial score (nSPS) is 15.2. The molecule has 0 aromatic rings. The van der Waals surface area contributed by atoms with Gasteiger partial charge in [0.25, 0.3) is 0 Å². The zero-order valence-electron chi connectivity index (χ0n) is 14.7. The lowest BCUT2D eigenvalue weighted by atomic mass is 9.97. The van der Waals surface area contributed by atoms with Crippen LogP contribution in [-0.4, -0.2) is 58.0 Å². The van der Waals surface area contributed by atoms with Gasteiger partial charge >= 0.3 is 11.9 Å². The van der Waals surface area contributed by atoms with Crippen molar-refractivity contribution in [3.05, 3.63) is 0 Å². The molecule has 0 spiro atoms. The van der Waals surface area contributed by atoms with Crippen LogP contribution in [0, 0.1) is 5.92 Å². The van der Waals surface area contributed by atoms with Crippen molar-refractivity contribution in [3.63, 3.8) is 0 Å². The minimum atomic E-state index is -1.42. The van der Waals surface area contributed by atoms with E-state index in [2.05, 4.69) is 10.6 Å². The Labute approximate surface area is 150 Å². The maximum atomic E-state index is 12.4. The molecule has 0 aromatic heterocycles. The van der Waals surface area contributed by atoms with Gasteiger partial charge in [0.05, 0.1) is 12.5 Å². The number of amides is 3. The molecule has 0 saturated carbocycles. The van der Waals surface area contributed by atoms with E-state index in [0.29, 0.717) is 6.42 Å². The number of carbonyl (C=O) groups is 5. The van der Waals surface area contributed by atoms with Crippen LogP contribution in [0.25, 0.3) is 0 Å². The molecule has 0 fully saturated rings. The number of carboxylic acid groups (broad SMARTS) is 2. The van der Waals surface area contributed by atoms with E-state index < -0.39 is 60.6 Å². The van der Waals surface area contributed by atoms with Gasteiger partial charge in [-0.25, -0.2) is 4.79 Å². The van der Waals surface area contributed by atoms with E-state index in [0.717, 1.165) is 0 Å². The van der Waals surface area contributed by atoms with Crippen LogP contribution in [0.3, 0.4) is 0 Å². The van der Waals surface area contributed by atoms with E-state index in [1.165, 1.54) is 0 Å². The minimum Gasteiger partial charge on any atom is -0.481 e. The van der Waals surface area contributed by atoms with E-state index in [1.54, 1.807) is 13.8 Å². The van der Waals surface area contributed by atoms with Crippen LogP contribution in [0.1, 0.15) is 39.5 Å². The maximum absolute atomic E-state index is 12.4. The first-order valence-corrected chi connectivity index (χ1v) is 8.08. The molecule has 0 saturated heterocycles. The van der Waals surface area contributed by atoms with Gasteiger partial charge in [0.2, 0.25) is 17.7 Å². The summed E-state index contributed by atoms with van der Waals surface area (Å²) in [6, 6.07) is -3.76. The average Bonchev–Trinajstić information content (AvgIpc) is 2.53. The quantitative estimate of drug-likeness (QED) is 0.228. The van der Waals surface area contributed by atoms with E-state index in [9.17, 15) is 24.0 Å². The van der Waals surface area contributed by atoms with Crippen molar-refractivity contribution in [2.24, 2.45) is 17.4 Å². The zero-order chi connectivity index (χ0) is 20.4. The fourth-order valence-corrected chi connectivity index (χ4v) is 2.06. The predicted octanol–water partition coefficient (Wildman–Crippen LogP) is -1.85. The number of carbonyl (C=O) groups excluding carboxylic acids is 3. The summed E-state index contributed by atoms with van der Waals surface area (Å²) in [7, 11) is 0. The van der Waals surface area contributed by atoms with Gasteiger partial charge in [-0.2, -0.15) is 0 Å². The first-order chi connectivity index (χ1) is 12.0. The Morgan fingerprint density at radius 3 is 2.04 bits per heavy atom. The molecule has 0 bridgehead atoms. The topological polar surface area (TPSA) is 202 Å². The highest BCUT2D eigenvalue weighted by Gasteiger charge is 2.31. The van der Waals surface area contributed by atoms with Crippen molar-refractivity contribution >= 4 is 29.7 Å². The molecule has 0 aromatic carbocycles. The van der Waals surface area contributed by atoms with Crippen molar-refractivity contribution in [1.29, 1.82) is 0 Å². The highest BCUT2D eigenvalue weighted by molar-refractivity contribution is 5.93. The Hall–Kier alpha value is -2.69. The van der Waals surface area contributed by atoms with Gasteiger partial charge in [0.15, 0.2) is 0 Å². The average molecular weight is 374 g/mol. The molecular weight excluding hydrogens is 348 g/mol. The molecule has 0 radical (unpaired) electrons. The molecular formula is C15H26N4O7. The molecule has 8 N–H and O–H groups in total. The van der Waals surface area contributed by atoms with Gasteiger partial charge in [0.1, 0.15) is 12.1 Å². The third kappa shape index (κ3) is 8.42. The molecule has 148 valence electrons. The molecule has 0 heterocycles. The molecule has 0 aliphatic heterocycles. The standard InChI is InChI=1S/C15H26N4O7/c1-3-7(2)12(19-13(23)8(16)6-10(17)20)14(24)18-9(15(25)26)4-5-11(21)22/h7-9,12H,3-6,16H2,1-2H3,(H2,17,20)(H,18,24)(H,19,23)(H,21,22)(H,25,26). The molecule has 11 nitrogen and oxygen atoms in total. The lowest BCUT2D eigenvalue weighted by Crippen LogP contribution is -2.57. The van der Waals surface area contributed by atoms with Crippen LogP contribution in [0.4, 0.5) is 0 Å². The second-order valence-corrected chi connectivity index (χ2v) is 5.98. The van der Waals surface area contributed by atoms with Gasteiger partial charge in [-0.05, 0) is 12.3 Å². The van der Waals surface area contributed by atoms with E-state index in [4.69, 9.17) is 21.7 Å². The lowest BCUT2D eigenvalue weighted by molar-refractivity contribution is -0.143. The van der Waals surface area contributed by atoms with Crippen molar-refractivity contribution in [2.75, 3.05) is 0 Å². The second kappa shape index (κ2) is 11.0. The van der Waals surface area contributed by atoms with E-state index >= 15 is 0 Å². The van der Waals surface area contributed by atoms with Crippen LogP contribution < -0.4 is 22.1 Å². The summed E-state index contributed by atoms with van der Waals surface area (Å²) in [6.07, 6.45) is -0.673. The second-order valence-electron chi connectivity index (χ2n) is 5.98. The summed E-state index contributed by atoms with van der Waals surface area (Å²) in [4.78, 5) is 57.1. The third-order valence-electron chi connectivity index (χ3n) is 3.81. The van der Waals surface area contributed by atoms with E-state index in [1.807, 2.05) is 0 Å². The Bertz CT molecular complexity index is 552. The summed E-state index contributed by atoms with van der Waals surface area (Å²) >= 11 is 0. The van der Waals surface area contributed by atoms with Crippen molar-refractivity contribution < 1.29 is 34.2 Å². The van der Waals surface area contributed by atoms with E-state index in [-0.39, 0.29) is 12.3 Å². The van der Waals surface area contributed by atoms with Crippen LogP contribution in [0.15, 0.2) is 0 Å². The number of primary amides is 1. The van der Waals surface area contributed by atoms with Gasteiger partial charge in [0, 0.05) is 6.42 Å². The van der Waals surface area contributed by atoms with Crippen LogP contribution in [-0.2, 0) is 24.0 Å². The predicted molar refractivity (Wildman–Crippen MR) is 89.6 cm³/mol. The zero-order valence-corrected chi connectivity index (χ0v) is 14.7. The summed E-state index contributed by atoms with van der Waals surface area (Å²) in [5.74, 6) is -5.29. The van der Waals surface area contributed by atoms with Gasteiger partial charge in [-0.1, -0.05) is 20.3 Å². The SMILES string of the molecule is CCC(C)C(NC(=O)C(N)CC(N)=O)C(=O)NC(CCC(=O)O)C(=O)O. The molecule has 0 rings (SSSR count). The fourth-order valence-electron chi connectivity index (χ4n) is 2.06. The summed E-state index contributed by atoms with van der Waals surface area (Å²) < 4.78 is 0. The van der Waals surface area contributed by atoms with Gasteiger partial charge in [-0.3, -0.25) is 19.2 Å². The Morgan fingerprint density at radius 2 is 1.62 bits per heavy atom. The molecule has 3 amide bonds. The van der Waals surface area contributed by atoms with Crippen molar-refractivity contribution in [2.45, 2.75) is 57.7 Å². The Morgan fingerprint density at radius 1 is 1.04 bits per heavy atom. The fraction of sp³-hybridized carbons (Fsp3) is 0.667. The Kier molecular flexibility index (Phi) is 9.89. The molecule has 0 aliphatic carbocycles. The van der Waals surface area contributed by atoms with Gasteiger partial charge < -0.3 is 32.3 Å². The molecule has 11 heteroatoms. The lowest BCUT2D eigenvalue weighted by Gasteiger charge is -2.26. The Balaban J connectivity index is 5.12. The highest BCUT2D eigenvalue weighted by Crippen LogP contribution is 2.10. The van der Waals surface area contributed by atoms with Crippen LogP contribution in [0.2, 0.25) is 0 Å². The van der Waals surface area contributed by atoms with Gasteiger partial charge in [-0.15, -0.1) is 0 Å². The number of aliphatic carboxylic acids is 2. The minimum absolute atomic E-state index is 0.307. The number of hydrogen-bond donors (Lipinski definition) is 6. The summed E-state index contributed by atoms with van der Waals surface area (Å²) in [5, 5.41) is 22.4.